The molecule has 0 aromatic rings. The number of urea groups is 1. The average molecular weight is 209 g/mol. The second-order valence-corrected chi connectivity index (χ2v) is 4.38. The first-order chi connectivity index (χ1) is 7.09. The molecule has 0 spiro atoms. The van der Waals surface area contributed by atoms with Gasteiger partial charge in [-0.05, 0) is 26.2 Å². The predicted octanol–water partition coefficient (Wildman–Crippen LogP) is 1.92. The van der Waals surface area contributed by atoms with Crippen LogP contribution in [0.1, 0.15) is 46.0 Å². The van der Waals surface area contributed by atoms with E-state index in [2.05, 4.69) is 16.7 Å². The van der Waals surface area contributed by atoms with E-state index >= 15 is 0 Å². The third-order valence-corrected chi connectivity index (χ3v) is 3.03. The van der Waals surface area contributed by atoms with Gasteiger partial charge in [0.25, 0.3) is 0 Å². The summed E-state index contributed by atoms with van der Waals surface area (Å²) in [5.41, 5.74) is -0.747. The maximum atomic E-state index is 11.6. The Morgan fingerprint density at radius 1 is 1.53 bits per heavy atom. The molecule has 1 unspecified atom stereocenters. The van der Waals surface area contributed by atoms with Crippen LogP contribution in [0.5, 0.6) is 0 Å². The minimum atomic E-state index is -0.747. The molecule has 1 atom stereocenters. The zero-order chi connectivity index (χ0) is 11.3. The first-order valence-electron chi connectivity index (χ1n) is 5.59. The van der Waals surface area contributed by atoms with Crippen LogP contribution in [0.3, 0.4) is 0 Å². The number of nitrogens with zero attached hydrogens (tertiary/aromatic N) is 1. The molecule has 1 rings (SSSR count). The Bertz CT molecular complexity index is 265. The molecule has 1 fully saturated rings. The molecule has 15 heavy (non-hydrogen) atoms. The summed E-state index contributed by atoms with van der Waals surface area (Å²) in [5.74, 6) is 0. The molecule has 0 aromatic carbocycles. The zero-order valence-electron chi connectivity index (χ0n) is 9.47. The molecule has 0 heterocycles. The molecule has 84 valence electrons. The van der Waals surface area contributed by atoms with Gasteiger partial charge >= 0.3 is 6.03 Å². The molecule has 0 radical (unpaired) electrons. The summed E-state index contributed by atoms with van der Waals surface area (Å²) in [5, 5.41) is 14.5. The molecular formula is C11H19N3O. The highest BCUT2D eigenvalue weighted by Crippen LogP contribution is 2.17. The van der Waals surface area contributed by atoms with Crippen LogP contribution in [-0.2, 0) is 0 Å². The molecule has 1 aliphatic carbocycles. The average Bonchev–Trinajstić information content (AvgIpc) is 2.70. The summed E-state index contributed by atoms with van der Waals surface area (Å²) in [4.78, 5) is 11.6. The predicted molar refractivity (Wildman–Crippen MR) is 58.2 cm³/mol. The van der Waals surface area contributed by atoms with Gasteiger partial charge in [0.15, 0.2) is 0 Å². The second-order valence-electron chi connectivity index (χ2n) is 4.38. The van der Waals surface area contributed by atoms with E-state index in [1.807, 2.05) is 6.92 Å². The van der Waals surface area contributed by atoms with Crippen molar-refractivity contribution >= 4 is 6.03 Å². The van der Waals surface area contributed by atoms with Crippen molar-refractivity contribution in [2.75, 3.05) is 0 Å². The van der Waals surface area contributed by atoms with Gasteiger partial charge in [0, 0.05) is 6.04 Å². The summed E-state index contributed by atoms with van der Waals surface area (Å²) in [7, 11) is 0. The monoisotopic (exact) mass is 209 g/mol. The lowest BCUT2D eigenvalue weighted by atomic mass is 10.0. The number of amides is 2. The van der Waals surface area contributed by atoms with Crippen molar-refractivity contribution < 1.29 is 4.79 Å². The van der Waals surface area contributed by atoms with Crippen LogP contribution in [0, 0.1) is 11.3 Å². The summed E-state index contributed by atoms with van der Waals surface area (Å²) >= 11 is 0. The van der Waals surface area contributed by atoms with Crippen molar-refractivity contribution in [3.8, 4) is 6.07 Å². The minimum Gasteiger partial charge on any atom is -0.335 e. The van der Waals surface area contributed by atoms with Gasteiger partial charge in [-0.15, -0.1) is 0 Å². The van der Waals surface area contributed by atoms with E-state index in [1.54, 1.807) is 6.92 Å². The highest BCUT2D eigenvalue weighted by molar-refractivity contribution is 5.75. The topological polar surface area (TPSA) is 64.9 Å². The molecular weight excluding hydrogens is 190 g/mol. The highest BCUT2D eigenvalue weighted by Gasteiger charge is 2.25. The summed E-state index contributed by atoms with van der Waals surface area (Å²) < 4.78 is 0. The van der Waals surface area contributed by atoms with Crippen LogP contribution in [0.4, 0.5) is 4.79 Å². The normalized spacial score (nSPS) is 20.3. The fourth-order valence-corrected chi connectivity index (χ4v) is 1.74. The van der Waals surface area contributed by atoms with Gasteiger partial charge in [-0.2, -0.15) is 5.26 Å². The molecule has 4 nitrogen and oxygen atoms in total. The van der Waals surface area contributed by atoms with Gasteiger partial charge in [-0.25, -0.2) is 4.79 Å². The standard InChI is InChI=1S/C11H19N3O/c1-3-11(2,8-12)14-10(15)13-9-6-4-5-7-9/h9H,3-7H2,1-2H3,(H2,13,14,15). The third-order valence-electron chi connectivity index (χ3n) is 3.03. The Kier molecular flexibility index (Phi) is 3.96. The number of carbonyl (C=O) groups is 1. The molecule has 0 aromatic heterocycles. The number of hydrogen-bond donors (Lipinski definition) is 2. The first-order valence-corrected chi connectivity index (χ1v) is 5.59. The number of carbonyl (C=O) groups excluding carboxylic acids is 1. The lowest BCUT2D eigenvalue weighted by Crippen LogP contribution is -2.51. The second kappa shape index (κ2) is 5.01. The Morgan fingerprint density at radius 3 is 2.60 bits per heavy atom. The first kappa shape index (κ1) is 11.8. The Hall–Kier alpha value is -1.24. The molecule has 4 heteroatoms. The lowest BCUT2D eigenvalue weighted by Gasteiger charge is -2.23. The van der Waals surface area contributed by atoms with Crippen LogP contribution >= 0.6 is 0 Å². The fourth-order valence-electron chi connectivity index (χ4n) is 1.74. The third kappa shape index (κ3) is 3.43. The van der Waals surface area contributed by atoms with Crippen molar-refractivity contribution in [2.45, 2.75) is 57.5 Å². The van der Waals surface area contributed by atoms with E-state index in [4.69, 9.17) is 5.26 Å². The van der Waals surface area contributed by atoms with E-state index in [0.717, 1.165) is 12.8 Å². The largest absolute Gasteiger partial charge is 0.335 e. The van der Waals surface area contributed by atoms with Crippen LogP contribution in [0.2, 0.25) is 0 Å². The fraction of sp³-hybridized carbons (Fsp3) is 0.818. The van der Waals surface area contributed by atoms with E-state index < -0.39 is 5.54 Å². The molecule has 2 amide bonds. The van der Waals surface area contributed by atoms with Crippen molar-refractivity contribution in [2.24, 2.45) is 0 Å². The van der Waals surface area contributed by atoms with Crippen LogP contribution < -0.4 is 10.6 Å². The van der Waals surface area contributed by atoms with E-state index in [1.165, 1.54) is 12.8 Å². The van der Waals surface area contributed by atoms with Crippen LogP contribution in [0.25, 0.3) is 0 Å². The molecule has 0 saturated heterocycles. The van der Waals surface area contributed by atoms with Crippen LogP contribution in [-0.4, -0.2) is 17.6 Å². The molecule has 0 bridgehead atoms. The Morgan fingerprint density at radius 2 is 2.13 bits per heavy atom. The quantitative estimate of drug-likeness (QED) is 0.745. The maximum Gasteiger partial charge on any atom is 0.316 e. The summed E-state index contributed by atoms with van der Waals surface area (Å²) in [6, 6.07) is 2.19. The van der Waals surface area contributed by atoms with Crippen molar-refractivity contribution in [1.82, 2.24) is 10.6 Å². The van der Waals surface area contributed by atoms with Gasteiger partial charge in [-0.3, -0.25) is 0 Å². The van der Waals surface area contributed by atoms with E-state index in [9.17, 15) is 4.79 Å². The van der Waals surface area contributed by atoms with Gasteiger partial charge in [-0.1, -0.05) is 19.8 Å². The summed E-state index contributed by atoms with van der Waals surface area (Å²) in [6.07, 6.45) is 5.11. The van der Waals surface area contributed by atoms with Gasteiger partial charge < -0.3 is 10.6 Å². The van der Waals surface area contributed by atoms with E-state index in [0.29, 0.717) is 12.5 Å². The molecule has 1 saturated carbocycles. The van der Waals surface area contributed by atoms with E-state index in [-0.39, 0.29) is 6.03 Å². The van der Waals surface area contributed by atoms with Gasteiger partial charge in [0.05, 0.1) is 6.07 Å². The molecule has 2 N–H and O–H groups in total. The SMILES string of the molecule is CCC(C)(C#N)NC(=O)NC1CCCC1. The van der Waals surface area contributed by atoms with Gasteiger partial charge in [0.1, 0.15) is 5.54 Å². The maximum absolute atomic E-state index is 11.6. The summed E-state index contributed by atoms with van der Waals surface area (Å²) in [6.45, 7) is 3.63. The van der Waals surface area contributed by atoms with Crippen molar-refractivity contribution in [1.29, 1.82) is 5.26 Å². The number of nitrogens with one attached hydrogen (secondary N) is 2. The molecule has 0 aliphatic heterocycles. The molecule has 1 aliphatic rings. The van der Waals surface area contributed by atoms with Crippen molar-refractivity contribution in [3.63, 3.8) is 0 Å². The van der Waals surface area contributed by atoms with Crippen LogP contribution in [0.15, 0.2) is 0 Å². The minimum absolute atomic E-state index is 0.215. The Labute approximate surface area is 91.0 Å². The smallest absolute Gasteiger partial charge is 0.316 e. The van der Waals surface area contributed by atoms with Crippen molar-refractivity contribution in [3.05, 3.63) is 0 Å². The Balaban J connectivity index is 2.38. The lowest BCUT2D eigenvalue weighted by molar-refractivity contribution is 0.229. The van der Waals surface area contributed by atoms with Gasteiger partial charge in [0.2, 0.25) is 0 Å². The number of nitriles is 1. The number of hydrogen-bond acceptors (Lipinski definition) is 2. The number of rotatable bonds is 3. The zero-order valence-corrected chi connectivity index (χ0v) is 9.47. The highest BCUT2D eigenvalue weighted by atomic mass is 16.2.